The third-order valence-electron chi connectivity index (χ3n) is 6.60. The molecule has 0 aliphatic carbocycles. The zero-order valence-corrected chi connectivity index (χ0v) is 21.3. The summed E-state index contributed by atoms with van der Waals surface area (Å²) in [6.07, 6.45) is 0.241. The van der Waals surface area contributed by atoms with Gasteiger partial charge in [0.25, 0.3) is 0 Å². The monoisotopic (exact) mass is 492 g/mol. The number of hydrogen-bond donors (Lipinski definition) is 1. The minimum Gasteiger partial charge on any atom is -0.365 e. The molecule has 1 N–H and O–H groups in total. The summed E-state index contributed by atoms with van der Waals surface area (Å²) in [4.78, 5) is 13.9. The van der Waals surface area contributed by atoms with Crippen molar-refractivity contribution in [1.29, 1.82) is 0 Å². The Morgan fingerprint density at radius 2 is 1.14 bits per heavy atom. The maximum absolute atomic E-state index is 13.9. The first-order valence-corrected chi connectivity index (χ1v) is 13.8. The molecule has 0 fully saturated rings. The molecule has 0 amide bonds. The van der Waals surface area contributed by atoms with Crippen molar-refractivity contribution in [2.45, 2.75) is 26.0 Å². The molecule has 36 heavy (non-hydrogen) atoms. The van der Waals surface area contributed by atoms with Gasteiger partial charge in [0.2, 0.25) is 0 Å². The highest BCUT2D eigenvalue weighted by atomic mass is 31.2. The molecule has 0 bridgehead atoms. The van der Waals surface area contributed by atoms with Gasteiger partial charge in [-0.2, -0.15) is 5.10 Å². The minimum atomic E-state index is -2.82. The van der Waals surface area contributed by atoms with Crippen molar-refractivity contribution < 1.29 is 9.90 Å². The van der Waals surface area contributed by atoms with Crippen LogP contribution in [0.15, 0.2) is 126 Å². The number of carbonyl (C=O) groups excluding carboxylic acids is 1. The van der Waals surface area contributed by atoms with Crippen LogP contribution in [0.4, 0.5) is 5.69 Å². The number of rotatable bonds is 6. The number of carbonyl (C=O) groups is 1. The zero-order chi connectivity index (χ0) is 25.2. The van der Waals surface area contributed by atoms with Gasteiger partial charge in [-0.15, -0.1) is 0 Å². The van der Waals surface area contributed by atoms with E-state index in [9.17, 15) is 9.90 Å². The third-order valence-corrected chi connectivity index (χ3v) is 11.2. The lowest BCUT2D eigenvalue weighted by atomic mass is 10.0. The molecule has 1 heterocycles. The molecule has 1 atom stereocenters. The highest BCUT2D eigenvalue weighted by Crippen LogP contribution is 2.51. The van der Waals surface area contributed by atoms with Crippen molar-refractivity contribution in [3.8, 4) is 0 Å². The summed E-state index contributed by atoms with van der Waals surface area (Å²) < 4.78 is 0. The molecule has 4 nitrogen and oxygen atoms in total. The van der Waals surface area contributed by atoms with Crippen LogP contribution >= 0.6 is 6.89 Å². The Morgan fingerprint density at radius 3 is 1.53 bits per heavy atom. The molecule has 5 rings (SSSR count). The molecule has 1 unspecified atom stereocenters. The van der Waals surface area contributed by atoms with E-state index in [0.29, 0.717) is 5.29 Å². The second kappa shape index (κ2) is 9.73. The van der Waals surface area contributed by atoms with Crippen molar-refractivity contribution in [2.75, 3.05) is 5.01 Å². The first-order chi connectivity index (χ1) is 17.5. The van der Waals surface area contributed by atoms with Crippen molar-refractivity contribution >= 4 is 45.3 Å². The largest absolute Gasteiger partial charge is 0.365 e. The smallest absolute Gasteiger partial charge is 0.194 e. The summed E-state index contributed by atoms with van der Waals surface area (Å²) in [5.41, 5.74) is -0.123. The van der Waals surface area contributed by atoms with E-state index in [2.05, 4.69) is 36.4 Å². The van der Waals surface area contributed by atoms with Gasteiger partial charge in [-0.25, -0.2) is 5.01 Å². The molecule has 0 saturated carbocycles. The Morgan fingerprint density at radius 1 is 0.750 bits per heavy atom. The highest BCUT2D eigenvalue weighted by molar-refractivity contribution is 7.96. The zero-order valence-electron chi connectivity index (χ0n) is 20.5. The van der Waals surface area contributed by atoms with E-state index in [1.165, 1.54) is 0 Å². The molecule has 4 aromatic rings. The van der Waals surface area contributed by atoms with Gasteiger partial charge >= 0.3 is 0 Å². The Labute approximate surface area is 212 Å². The Bertz CT molecular complexity index is 1350. The summed E-state index contributed by atoms with van der Waals surface area (Å²) in [6.45, 7) is 0.663. The van der Waals surface area contributed by atoms with E-state index in [1.54, 1.807) is 11.9 Å². The maximum atomic E-state index is 13.9. The molecule has 0 aromatic heterocycles. The van der Waals surface area contributed by atoms with Gasteiger partial charge < -0.3 is 5.11 Å². The number of nitrogens with zero attached hydrogens (tertiary/aromatic N) is 2. The van der Waals surface area contributed by atoms with Crippen LogP contribution in [0.1, 0.15) is 20.3 Å². The van der Waals surface area contributed by atoms with Gasteiger partial charge in [0.15, 0.2) is 11.5 Å². The molecule has 180 valence electrons. The minimum absolute atomic E-state index is 0.145. The Kier molecular flexibility index (Phi) is 6.49. The number of para-hydroxylation sites is 1. The first kappa shape index (κ1) is 24.0. The van der Waals surface area contributed by atoms with Crippen LogP contribution < -0.4 is 20.9 Å². The van der Waals surface area contributed by atoms with E-state index >= 15 is 0 Å². The van der Waals surface area contributed by atoms with Gasteiger partial charge in [-0.05, 0) is 48.8 Å². The van der Waals surface area contributed by atoms with E-state index < -0.39 is 12.6 Å². The van der Waals surface area contributed by atoms with Crippen LogP contribution in [0.5, 0.6) is 0 Å². The molecule has 4 aromatic carbocycles. The van der Waals surface area contributed by atoms with Crippen molar-refractivity contribution in [3.63, 3.8) is 0 Å². The predicted octanol–water partition coefficient (Wildman–Crippen LogP) is 4.72. The number of anilines is 1. The van der Waals surface area contributed by atoms with E-state index in [0.717, 1.165) is 27.3 Å². The molecule has 0 spiro atoms. The maximum Gasteiger partial charge on any atom is 0.194 e. The Hall–Kier alpha value is -3.72. The number of hydrogen-bond acceptors (Lipinski definition) is 4. The fourth-order valence-electron chi connectivity index (χ4n) is 5.32. The summed E-state index contributed by atoms with van der Waals surface area (Å²) >= 11 is 0. The van der Waals surface area contributed by atoms with Crippen LogP contribution in [-0.4, -0.2) is 27.6 Å². The van der Waals surface area contributed by atoms with Gasteiger partial charge in [0.1, 0.15) is 0 Å². The highest BCUT2D eigenvalue weighted by Gasteiger charge is 2.50. The van der Waals surface area contributed by atoms with Crippen molar-refractivity contribution in [3.05, 3.63) is 121 Å². The lowest BCUT2D eigenvalue weighted by Gasteiger charge is -2.41. The quantitative estimate of drug-likeness (QED) is 0.397. The van der Waals surface area contributed by atoms with Crippen molar-refractivity contribution in [2.24, 2.45) is 5.10 Å². The first-order valence-electron chi connectivity index (χ1n) is 12.0. The fourth-order valence-corrected chi connectivity index (χ4v) is 10.0. The summed E-state index contributed by atoms with van der Waals surface area (Å²) in [5, 5.41) is 22.6. The molecule has 1 aliphatic heterocycles. The molecule has 5 heteroatoms. The van der Waals surface area contributed by atoms with Crippen LogP contribution in [0.2, 0.25) is 0 Å². The standard InChI is InChI=1S/C31H29N2O2P/c1-24-23-31(35,33(32-24)26-15-7-3-8-16-26)30(25(2)34)36(27-17-9-4-10-18-27,28-19-11-5-12-20-28)29-21-13-6-14-22-29/h3-22,35H,23H2,1-2H3. The van der Waals surface area contributed by atoms with E-state index in [1.807, 2.05) is 91.9 Å². The molecular formula is C31H29N2O2P. The fraction of sp³-hybridized carbons (Fsp3) is 0.129. The van der Waals surface area contributed by atoms with Crippen LogP contribution in [0.3, 0.4) is 0 Å². The van der Waals surface area contributed by atoms with Crippen molar-refractivity contribution in [1.82, 2.24) is 0 Å². The lowest BCUT2D eigenvalue weighted by Crippen LogP contribution is -2.55. The number of Topliss-reactive ketones (excluding diaryl/α,β-unsaturated/α-hetero) is 1. The van der Waals surface area contributed by atoms with Crippen LogP contribution in [0, 0.1) is 0 Å². The van der Waals surface area contributed by atoms with Gasteiger partial charge in [-0.1, -0.05) is 109 Å². The molecule has 0 radical (unpaired) electrons. The topological polar surface area (TPSA) is 52.9 Å². The van der Waals surface area contributed by atoms with Gasteiger partial charge in [0, 0.05) is 12.1 Å². The van der Waals surface area contributed by atoms with Crippen LogP contribution in [0.25, 0.3) is 0 Å². The van der Waals surface area contributed by atoms with E-state index in [-0.39, 0.29) is 12.2 Å². The molecule has 1 aliphatic rings. The normalized spacial score (nSPS) is 17.5. The molecule has 0 saturated heterocycles. The Balaban J connectivity index is 2.00. The average Bonchev–Trinajstić information content (AvgIpc) is 3.23. The molecular weight excluding hydrogens is 463 g/mol. The predicted molar refractivity (Wildman–Crippen MR) is 152 cm³/mol. The SMILES string of the molecule is CC(=O)C(C1(O)CC(C)=NN1c1ccccc1)=P(c1ccccc1)(c1ccccc1)c1ccccc1. The summed E-state index contributed by atoms with van der Waals surface area (Å²) in [6, 6.07) is 40.0. The number of benzene rings is 4. The second-order valence-electron chi connectivity index (χ2n) is 9.06. The average molecular weight is 493 g/mol. The lowest BCUT2D eigenvalue weighted by molar-refractivity contribution is -0.111. The number of hydrazone groups is 1. The van der Waals surface area contributed by atoms with E-state index in [4.69, 9.17) is 5.10 Å². The van der Waals surface area contributed by atoms with Gasteiger partial charge in [-0.3, -0.25) is 4.79 Å². The summed E-state index contributed by atoms with van der Waals surface area (Å²) in [5.74, 6) is -0.145. The number of aliphatic hydroxyl groups is 1. The second-order valence-corrected chi connectivity index (χ2v) is 12.4. The third kappa shape index (κ3) is 3.93. The van der Waals surface area contributed by atoms with Crippen LogP contribution in [-0.2, 0) is 4.79 Å². The number of ketones is 1. The van der Waals surface area contributed by atoms with Gasteiger partial charge in [0.05, 0.1) is 11.0 Å². The summed E-state index contributed by atoms with van der Waals surface area (Å²) in [7, 11) is 0.